The van der Waals surface area contributed by atoms with Crippen LogP contribution in [-0.4, -0.2) is 101 Å². The number of carbonyl (C=O) groups excluding carboxylic acids is 4. The Bertz CT molecular complexity index is 2500. The maximum Gasteiger partial charge on any atom is 0.415 e. The monoisotopic (exact) mass is 809 g/mol. The van der Waals surface area contributed by atoms with Gasteiger partial charge in [0.25, 0.3) is 11.8 Å². The molecule has 1 fully saturated rings. The van der Waals surface area contributed by atoms with Gasteiger partial charge in [-0.05, 0) is 79.2 Å². The van der Waals surface area contributed by atoms with Crippen molar-refractivity contribution < 1.29 is 23.9 Å². The van der Waals surface area contributed by atoms with E-state index in [1.807, 2.05) is 61.8 Å². The number of anilines is 3. The number of aromatic amines is 2. The number of carbonyl (C=O) groups is 4. The van der Waals surface area contributed by atoms with E-state index in [1.54, 1.807) is 61.7 Å². The summed E-state index contributed by atoms with van der Waals surface area (Å²) in [6, 6.07) is 23.6. The first-order valence-corrected chi connectivity index (χ1v) is 21.6. The van der Waals surface area contributed by atoms with Crippen LogP contribution in [0.25, 0.3) is 32.6 Å². The van der Waals surface area contributed by atoms with Crippen LogP contribution in [-0.2, 0) is 11.2 Å². The van der Waals surface area contributed by atoms with E-state index in [4.69, 9.17) is 16.3 Å². The molecule has 4 heterocycles. The highest BCUT2D eigenvalue weighted by Gasteiger charge is 2.37. The number of aromatic nitrogens is 2. The Morgan fingerprint density at radius 3 is 2.20 bits per heavy atom. The summed E-state index contributed by atoms with van der Waals surface area (Å²) in [7, 11) is 5.30. The Hall–Kier alpha value is -5.15. The molecule has 0 radical (unpaired) electrons. The number of piperazine rings is 1. The van der Waals surface area contributed by atoms with Crippen LogP contribution in [0.3, 0.4) is 0 Å². The highest BCUT2D eigenvalue weighted by atomic mass is 35.5. The minimum Gasteiger partial charge on any atom is -0.409 e. The number of halogens is 1. The van der Waals surface area contributed by atoms with Crippen LogP contribution < -0.4 is 20.3 Å². The van der Waals surface area contributed by atoms with Gasteiger partial charge in [-0.25, -0.2) is 4.79 Å². The lowest BCUT2D eigenvalue weighted by atomic mass is 10.0. The predicted octanol–water partition coefficient (Wildman–Crippen LogP) is 7.95. The molecule has 0 saturated carbocycles. The normalized spacial score (nSPS) is 15.7. The zero-order valence-electron chi connectivity index (χ0n) is 30.8. The van der Waals surface area contributed by atoms with E-state index in [9.17, 15) is 19.2 Å². The number of alkyl halides is 1. The lowest BCUT2D eigenvalue weighted by molar-refractivity contribution is -0.115. The number of ether oxygens (including phenoxy) is 1. The SMILES string of the molecule is CSSCCC(=O)Nc1ccc2[nH]c(C(=O)Nc3ccc4[nH]c(C(=O)N5c6cc(OC(=O)N7CCN(C)CC7)c7ccccc7c6C[C@H]5CCl)cc4c3)cc2c1. The van der Waals surface area contributed by atoms with E-state index in [-0.39, 0.29) is 29.6 Å². The van der Waals surface area contributed by atoms with Gasteiger partial charge in [-0.2, -0.15) is 0 Å². The summed E-state index contributed by atoms with van der Waals surface area (Å²) in [5.74, 6) is 0.677. The molecule has 4 N–H and O–H groups in total. The summed E-state index contributed by atoms with van der Waals surface area (Å²) in [4.78, 5) is 65.4. The number of hydrogen-bond acceptors (Lipinski definition) is 8. The van der Waals surface area contributed by atoms with E-state index in [1.165, 1.54) is 0 Å². The molecule has 4 amide bonds. The van der Waals surface area contributed by atoms with Gasteiger partial charge in [0.1, 0.15) is 17.1 Å². The largest absolute Gasteiger partial charge is 0.415 e. The standard InChI is InChI=1S/C41H40ClN7O5S2/c1-47-12-14-48(15-13-47)41(53)54-37-22-36-31(29-5-3-4-6-30(29)37)21-28(23-42)49(36)40(52)35-20-25-18-27(8-10-33(25)46-35)44-39(51)34-19-24-17-26(7-9-32(24)45-34)43-38(50)11-16-56-55-2/h3-10,17-20,22,28,45-46H,11-16,21,23H2,1-2H3,(H,43,50)(H,44,51)/t28-/m0/s1. The number of nitrogens with one attached hydrogen (secondary N) is 4. The van der Waals surface area contributed by atoms with Gasteiger partial charge in [0.2, 0.25) is 5.91 Å². The van der Waals surface area contributed by atoms with E-state index >= 15 is 0 Å². The molecule has 0 aliphatic carbocycles. The minimum absolute atomic E-state index is 0.0595. The van der Waals surface area contributed by atoms with Gasteiger partial charge in [-0.1, -0.05) is 45.9 Å². The Labute approximate surface area is 336 Å². The molecule has 2 aromatic heterocycles. The van der Waals surface area contributed by atoms with E-state index in [0.29, 0.717) is 60.1 Å². The zero-order chi connectivity index (χ0) is 38.9. The molecule has 56 heavy (non-hydrogen) atoms. The molecule has 288 valence electrons. The van der Waals surface area contributed by atoms with Crippen LogP contribution in [0.4, 0.5) is 21.9 Å². The summed E-state index contributed by atoms with van der Waals surface area (Å²) in [6.07, 6.45) is 2.53. The Morgan fingerprint density at radius 1 is 0.839 bits per heavy atom. The van der Waals surface area contributed by atoms with Crippen LogP contribution in [0, 0.1) is 0 Å². The van der Waals surface area contributed by atoms with Crippen molar-refractivity contribution in [2.45, 2.75) is 18.9 Å². The smallest absolute Gasteiger partial charge is 0.409 e. The number of likely N-dealkylation sites (N-methyl/N-ethyl adjacent to an activating group) is 1. The molecule has 12 nitrogen and oxygen atoms in total. The lowest BCUT2D eigenvalue weighted by Gasteiger charge is -2.31. The van der Waals surface area contributed by atoms with Crippen molar-refractivity contribution >= 4 is 107 Å². The second-order valence-corrected chi connectivity index (χ2v) is 17.0. The number of fused-ring (bicyclic) bond motifs is 5. The molecule has 8 rings (SSSR count). The van der Waals surface area contributed by atoms with Crippen molar-refractivity contribution in [1.82, 2.24) is 19.8 Å². The van der Waals surface area contributed by atoms with Crippen molar-refractivity contribution in [3.05, 3.63) is 95.8 Å². The zero-order valence-corrected chi connectivity index (χ0v) is 33.2. The van der Waals surface area contributed by atoms with Gasteiger partial charge in [-0.3, -0.25) is 14.4 Å². The third-order valence-electron chi connectivity index (χ3n) is 10.3. The van der Waals surface area contributed by atoms with Crippen molar-refractivity contribution in [2.75, 3.05) is 66.6 Å². The highest BCUT2D eigenvalue weighted by Crippen LogP contribution is 2.43. The summed E-state index contributed by atoms with van der Waals surface area (Å²) < 4.78 is 6.04. The summed E-state index contributed by atoms with van der Waals surface area (Å²) >= 11 is 6.53. The molecule has 1 atom stereocenters. The van der Waals surface area contributed by atoms with Crippen molar-refractivity contribution in [1.29, 1.82) is 0 Å². The first kappa shape index (κ1) is 37.8. The second-order valence-electron chi connectivity index (χ2n) is 14.0. The van der Waals surface area contributed by atoms with Crippen molar-refractivity contribution in [3.63, 3.8) is 0 Å². The quantitative estimate of drug-likeness (QED) is 0.0621. The third kappa shape index (κ3) is 7.66. The number of hydrogen-bond donors (Lipinski definition) is 4. The highest BCUT2D eigenvalue weighted by molar-refractivity contribution is 8.76. The fourth-order valence-electron chi connectivity index (χ4n) is 7.40. The van der Waals surface area contributed by atoms with Gasteiger partial charge >= 0.3 is 6.09 Å². The molecule has 1 saturated heterocycles. The summed E-state index contributed by atoms with van der Waals surface area (Å²) in [5.41, 5.74) is 5.06. The van der Waals surface area contributed by atoms with Gasteiger partial charge < -0.3 is 40.0 Å². The van der Waals surface area contributed by atoms with Crippen LogP contribution in [0.2, 0.25) is 0 Å². The van der Waals surface area contributed by atoms with Crippen molar-refractivity contribution in [3.8, 4) is 5.75 Å². The van der Waals surface area contributed by atoms with E-state index < -0.39 is 6.09 Å². The maximum absolute atomic E-state index is 14.4. The molecule has 0 bridgehead atoms. The number of nitrogens with zero attached hydrogens (tertiary/aromatic N) is 3. The Morgan fingerprint density at radius 2 is 1.50 bits per heavy atom. The van der Waals surface area contributed by atoms with E-state index in [2.05, 4.69) is 25.5 Å². The topological polar surface area (TPSA) is 143 Å². The average Bonchev–Trinajstić information content (AvgIpc) is 3.93. The molecule has 2 aliphatic heterocycles. The summed E-state index contributed by atoms with van der Waals surface area (Å²) in [6.45, 7) is 2.69. The van der Waals surface area contributed by atoms with Crippen LogP contribution in [0.5, 0.6) is 5.75 Å². The number of rotatable bonds is 10. The van der Waals surface area contributed by atoms with Crippen molar-refractivity contribution in [2.24, 2.45) is 0 Å². The first-order chi connectivity index (χ1) is 27.2. The molecular formula is C41H40ClN7O5S2. The van der Waals surface area contributed by atoms with Crippen LogP contribution in [0.15, 0.2) is 78.9 Å². The number of amides is 4. The number of benzene rings is 4. The molecule has 15 heteroatoms. The average molecular weight is 810 g/mol. The Kier molecular flexibility index (Phi) is 10.9. The predicted molar refractivity (Wildman–Crippen MR) is 228 cm³/mol. The van der Waals surface area contributed by atoms with Gasteiger partial charge in [0.15, 0.2) is 0 Å². The third-order valence-corrected chi connectivity index (χ3v) is 12.5. The summed E-state index contributed by atoms with van der Waals surface area (Å²) in [5, 5.41) is 9.12. The molecule has 0 unspecified atom stereocenters. The molecular weight excluding hydrogens is 770 g/mol. The molecule has 6 aromatic rings. The van der Waals surface area contributed by atoms with E-state index in [0.717, 1.165) is 57.0 Å². The molecule has 0 spiro atoms. The first-order valence-electron chi connectivity index (χ1n) is 18.3. The van der Waals surface area contributed by atoms with Gasteiger partial charge in [-0.15, -0.1) is 11.6 Å². The maximum atomic E-state index is 14.4. The van der Waals surface area contributed by atoms with Crippen LogP contribution >= 0.6 is 33.2 Å². The minimum atomic E-state index is -0.414. The lowest BCUT2D eigenvalue weighted by Crippen LogP contribution is -2.48. The van der Waals surface area contributed by atoms with Gasteiger partial charge in [0.05, 0.1) is 11.7 Å². The fraction of sp³-hybridized carbons (Fsp3) is 0.268. The van der Waals surface area contributed by atoms with Crippen LogP contribution in [0.1, 0.15) is 33.0 Å². The second kappa shape index (κ2) is 16.1. The molecule has 2 aliphatic rings. The fourth-order valence-corrected chi connectivity index (χ4v) is 8.83. The van der Waals surface area contributed by atoms with Gasteiger partial charge in [0, 0.05) is 88.9 Å². The number of H-pyrrole nitrogens is 2. The Balaban J connectivity index is 1.01. The molecule has 4 aromatic carbocycles.